The van der Waals surface area contributed by atoms with Crippen molar-refractivity contribution in [3.8, 4) is 0 Å². The summed E-state index contributed by atoms with van der Waals surface area (Å²) in [7, 11) is -3.08. The summed E-state index contributed by atoms with van der Waals surface area (Å²) in [6.45, 7) is 1.20. The van der Waals surface area contributed by atoms with Gasteiger partial charge in [0.25, 0.3) is 0 Å². The van der Waals surface area contributed by atoms with E-state index in [0.29, 0.717) is 31.3 Å². The van der Waals surface area contributed by atoms with Crippen LogP contribution in [-0.4, -0.2) is 42.2 Å². The van der Waals surface area contributed by atoms with Gasteiger partial charge in [0.15, 0.2) is 5.82 Å². The SMILES string of the molecule is CS(=O)(=O)N1CCC[C@@H](Cc2nc(C3CC3)no2)C1. The lowest BCUT2D eigenvalue weighted by molar-refractivity contribution is 0.248. The lowest BCUT2D eigenvalue weighted by Crippen LogP contribution is -2.39. The Morgan fingerprint density at radius 3 is 2.84 bits per heavy atom. The number of aromatic nitrogens is 2. The fourth-order valence-corrected chi connectivity index (χ4v) is 3.54. The normalized spacial score (nSPS) is 25.6. The molecule has 7 heteroatoms. The molecule has 19 heavy (non-hydrogen) atoms. The molecule has 0 radical (unpaired) electrons. The van der Waals surface area contributed by atoms with Gasteiger partial charge in [0.2, 0.25) is 15.9 Å². The summed E-state index contributed by atoms with van der Waals surface area (Å²) >= 11 is 0. The van der Waals surface area contributed by atoms with Crippen LogP contribution < -0.4 is 0 Å². The van der Waals surface area contributed by atoms with Crippen LogP contribution in [0.15, 0.2) is 4.52 Å². The van der Waals surface area contributed by atoms with Crippen molar-refractivity contribution in [2.75, 3.05) is 19.3 Å². The average Bonchev–Trinajstić information content (AvgIpc) is 3.10. The smallest absolute Gasteiger partial charge is 0.226 e. The molecule has 0 spiro atoms. The maximum absolute atomic E-state index is 11.6. The van der Waals surface area contributed by atoms with Gasteiger partial charge in [-0.05, 0) is 31.6 Å². The first-order valence-corrected chi connectivity index (χ1v) is 8.65. The molecule has 1 saturated carbocycles. The van der Waals surface area contributed by atoms with Gasteiger partial charge in [-0.2, -0.15) is 4.98 Å². The zero-order valence-electron chi connectivity index (χ0n) is 11.1. The number of sulfonamides is 1. The average molecular weight is 285 g/mol. The second-order valence-electron chi connectivity index (χ2n) is 5.65. The van der Waals surface area contributed by atoms with Gasteiger partial charge in [-0.25, -0.2) is 12.7 Å². The van der Waals surface area contributed by atoms with Crippen LogP contribution in [0.1, 0.15) is 43.3 Å². The number of nitrogens with zero attached hydrogens (tertiary/aromatic N) is 3. The molecule has 0 N–H and O–H groups in total. The third-order valence-electron chi connectivity index (χ3n) is 3.84. The molecule has 2 heterocycles. The molecule has 1 aliphatic carbocycles. The van der Waals surface area contributed by atoms with E-state index in [1.807, 2.05) is 0 Å². The second kappa shape index (κ2) is 4.86. The summed E-state index contributed by atoms with van der Waals surface area (Å²) in [6, 6.07) is 0. The van der Waals surface area contributed by atoms with E-state index in [-0.39, 0.29) is 5.92 Å². The fraction of sp³-hybridized carbons (Fsp3) is 0.833. The Morgan fingerprint density at radius 1 is 1.37 bits per heavy atom. The zero-order valence-corrected chi connectivity index (χ0v) is 11.9. The predicted octanol–water partition coefficient (Wildman–Crippen LogP) is 1.16. The predicted molar refractivity (Wildman–Crippen MR) is 69.1 cm³/mol. The summed E-state index contributed by atoms with van der Waals surface area (Å²) < 4.78 is 29.9. The molecule has 0 amide bonds. The third-order valence-corrected chi connectivity index (χ3v) is 5.11. The van der Waals surface area contributed by atoms with E-state index in [9.17, 15) is 8.42 Å². The van der Waals surface area contributed by atoms with Gasteiger partial charge in [-0.15, -0.1) is 0 Å². The van der Waals surface area contributed by atoms with E-state index in [1.54, 1.807) is 4.31 Å². The topological polar surface area (TPSA) is 76.3 Å². The van der Waals surface area contributed by atoms with Crippen LogP contribution in [-0.2, 0) is 16.4 Å². The van der Waals surface area contributed by atoms with Crippen molar-refractivity contribution in [2.45, 2.75) is 38.0 Å². The Labute approximate surface area is 113 Å². The summed E-state index contributed by atoms with van der Waals surface area (Å²) in [5.74, 6) is 2.26. The number of rotatable bonds is 4. The first kappa shape index (κ1) is 13.1. The van der Waals surface area contributed by atoms with Gasteiger partial charge in [0, 0.05) is 25.4 Å². The van der Waals surface area contributed by atoms with E-state index >= 15 is 0 Å². The number of piperidine rings is 1. The quantitative estimate of drug-likeness (QED) is 0.829. The maximum Gasteiger partial charge on any atom is 0.226 e. The molecule has 1 saturated heterocycles. The molecular weight excluding hydrogens is 266 g/mol. The summed E-state index contributed by atoms with van der Waals surface area (Å²) in [5.41, 5.74) is 0. The molecule has 1 aromatic rings. The van der Waals surface area contributed by atoms with E-state index < -0.39 is 10.0 Å². The van der Waals surface area contributed by atoms with Crippen molar-refractivity contribution in [1.82, 2.24) is 14.4 Å². The van der Waals surface area contributed by atoms with Gasteiger partial charge in [0.1, 0.15) is 0 Å². The Morgan fingerprint density at radius 2 is 2.16 bits per heavy atom. The molecule has 0 aromatic carbocycles. The number of hydrogen-bond donors (Lipinski definition) is 0. The Bertz CT molecular complexity index is 550. The molecule has 1 aromatic heterocycles. The van der Waals surface area contributed by atoms with Crippen LogP contribution in [0.3, 0.4) is 0 Å². The highest BCUT2D eigenvalue weighted by atomic mass is 32.2. The van der Waals surface area contributed by atoms with Crippen molar-refractivity contribution in [1.29, 1.82) is 0 Å². The summed E-state index contributed by atoms with van der Waals surface area (Å²) in [6.07, 6.45) is 6.20. The van der Waals surface area contributed by atoms with Gasteiger partial charge in [-0.1, -0.05) is 5.16 Å². The van der Waals surface area contributed by atoms with E-state index in [1.165, 1.54) is 6.26 Å². The van der Waals surface area contributed by atoms with Crippen molar-refractivity contribution >= 4 is 10.0 Å². The highest BCUT2D eigenvalue weighted by Gasteiger charge is 2.30. The van der Waals surface area contributed by atoms with Crippen LogP contribution in [0.25, 0.3) is 0 Å². The van der Waals surface area contributed by atoms with E-state index in [2.05, 4.69) is 10.1 Å². The molecule has 0 unspecified atom stereocenters. The molecule has 1 atom stereocenters. The summed E-state index contributed by atoms with van der Waals surface area (Å²) in [4.78, 5) is 4.41. The molecule has 106 valence electrons. The molecule has 1 aliphatic heterocycles. The molecule has 3 rings (SSSR count). The van der Waals surface area contributed by atoms with Crippen molar-refractivity contribution in [2.24, 2.45) is 5.92 Å². The van der Waals surface area contributed by atoms with E-state index in [0.717, 1.165) is 31.5 Å². The molecule has 6 nitrogen and oxygen atoms in total. The second-order valence-corrected chi connectivity index (χ2v) is 7.64. The van der Waals surface area contributed by atoms with Crippen molar-refractivity contribution in [3.63, 3.8) is 0 Å². The Hall–Kier alpha value is -0.950. The summed E-state index contributed by atoms with van der Waals surface area (Å²) in [5, 5.41) is 3.99. The van der Waals surface area contributed by atoms with Gasteiger partial charge >= 0.3 is 0 Å². The van der Waals surface area contributed by atoms with Crippen LogP contribution in [0.2, 0.25) is 0 Å². The lowest BCUT2D eigenvalue weighted by Gasteiger charge is -2.30. The minimum absolute atomic E-state index is 0.288. The lowest BCUT2D eigenvalue weighted by atomic mass is 9.96. The van der Waals surface area contributed by atoms with E-state index in [4.69, 9.17) is 4.52 Å². The van der Waals surface area contributed by atoms with Crippen LogP contribution in [0.5, 0.6) is 0 Å². The Balaban J connectivity index is 1.62. The minimum atomic E-state index is -3.08. The van der Waals surface area contributed by atoms with Crippen LogP contribution in [0, 0.1) is 5.92 Å². The van der Waals surface area contributed by atoms with Crippen molar-refractivity contribution in [3.05, 3.63) is 11.7 Å². The molecule has 2 aliphatic rings. The minimum Gasteiger partial charge on any atom is -0.339 e. The maximum atomic E-state index is 11.6. The largest absolute Gasteiger partial charge is 0.339 e. The van der Waals surface area contributed by atoms with Gasteiger partial charge in [0.05, 0.1) is 6.26 Å². The first-order chi connectivity index (χ1) is 9.02. The monoisotopic (exact) mass is 285 g/mol. The molecule has 2 fully saturated rings. The number of hydrogen-bond acceptors (Lipinski definition) is 5. The first-order valence-electron chi connectivity index (χ1n) is 6.80. The standard InChI is InChI=1S/C12H19N3O3S/c1-19(16,17)15-6-2-3-9(8-15)7-11-13-12(14-18-11)10-4-5-10/h9-10H,2-8H2,1H3/t9-/m0/s1. The third kappa shape index (κ3) is 3.14. The van der Waals surface area contributed by atoms with Crippen molar-refractivity contribution < 1.29 is 12.9 Å². The molecular formula is C12H19N3O3S. The van der Waals surface area contributed by atoms with Crippen LogP contribution in [0.4, 0.5) is 0 Å². The fourth-order valence-electron chi connectivity index (χ4n) is 2.60. The highest BCUT2D eigenvalue weighted by molar-refractivity contribution is 7.88. The van der Waals surface area contributed by atoms with Gasteiger partial charge < -0.3 is 4.52 Å². The highest BCUT2D eigenvalue weighted by Crippen LogP contribution is 2.38. The molecule has 0 bridgehead atoms. The van der Waals surface area contributed by atoms with Gasteiger partial charge in [-0.3, -0.25) is 0 Å². The zero-order chi connectivity index (χ0) is 13.5. The van der Waals surface area contributed by atoms with Crippen LogP contribution >= 0.6 is 0 Å². The Kier molecular flexibility index (Phi) is 3.34.